The van der Waals surface area contributed by atoms with E-state index in [2.05, 4.69) is 48.8 Å². The minimum Gasteiger partial charge on any atom is -0.371 e. The third-order valence-corrected chi connectivity index (χ3v) is 3.20. The van der Waals surface area contributed by atoms with Crippen LogP contribution < -0.4 is 5.73 Å². The first-order valence-corrected chi connectivity index (χ1v) is 6.71. The van der Waals surface area contributed by atoms with Gasteiger partial charge in [0.1, 0.15) is 0 Å². The van der Waals surface area contributed by atoms with Crippen molar-refractivity contribution in [2.24, 2.45) is 11.1 Å². The second-order valence-corrected chi connectivity index (χ2v) is 6.50. The summed E-state index contributed by atoms with van der Waals surface area (Å²) < 4.78 is 7.04. The highest BCUT2D eigenvalue weighted by atomic mass is 79.9. The predicted octanol–water partition coefficient (Wildman–Crippen LogP) is 3.73. The van der Waals surface area contributed by atoms with E-state index >= 15 is 0 Å². The molecule has 1 rings (SSSR count). The van der Waals surface area contributed by atoms with Crippen LogP contribution in [0, 0.1) is 5.41 Å². The molecule has 0 saturated carbocycles. The molecular weight excluding hydrogens is 278 g/mol. The van der Waals surface area contributed by atoms with Gasteiger partial charge in [0, 0.05) is 10.5 Å². The molecule has 3 heteroatoms. The molecule has 0 radical (unpaired) electrons. The zero-order valence-electron chi connectivity index (χ0n) is 11.0. The summed E-state index contributed by atoms with van der Waals surface area (Å²) >= 11 is 3.42. The van der Waals surface area contributed by atoms with Gasteiger partial charge in [0.05, 0.1) is 12.7 Å². The van der Waals surface area contributed by atoms with Crippen LogP contribution in [-0.2, 0) is 11.3 Å². The Labute approximate surface area is 113 Å². The summed E-state index contributed by atoms with van der Waals surface area (Å²) in [7, 11) is 0. The first-order valence-electron chi connectivity index (χ1n) is 5.92. The van der Waals surface area contributed by atoms with E-state index in [0.717, 1.165) is 4.47 Å². The lowest BCUT2D eigenvalue weighted by Crippen LogP contribution is -2.43. The van der Waals surface area contributed by atoms with Crippen LogP contribution >= 0.6 is 15.9 Å². The van der Waals surface area contributed by atoms with Crippen LogP contribution in [0.4, 0.5) is 0 Å². The lowest BCUT2D eigenvalue weighted by molar-refractivity contribution is -0.0399. The molecule has 0 aliphatic rings. The third-order valence-electron chi connectivity index (χ3n) is 2.67. The normalized spacial score (nSPS) is 15.6. The SMILES string of the molecule is CC(N)C(OCc1ccc(Br)cc1)C(C)(C)C. The summed E-state index contributed by atoms with van der Waals surface area (Å²) in [6.07, 6.45) is 0.0612. The molecule has 2 nitrogen and oxygen atoms in total. The van der Waals surface area contributed by atoms with Crippen molar-refractivity contribution in [3.8, 4) is 0 Å². The maximum Gasteiger partial charge on any atom is 0.0775 e. The van der Waals surface area contributed by atoms with E-state index in [4.69, 9.17) is 10.5 Å². The van der Waals surface area contributed by atoms with Gasteiger partial charge in [-0.15, -0.1) is 0 Å². The molecule has 0 fully saturated rings. The highest BCUT2D eigenvalue weighted by Crippen LogP contribution is 2.25. The number of hydrogen-bond donors (Lipinski definition) is 1. The number of halogens is 1. The van der Waals surface area contributed by atoms with Crippen molar-refractivity contribution in [3.05, 3.63) is 34.3 Å². The van der Waals surface area contributed by atoms with E-state index in [1.807, 2.05) is 19.1 Å². The van der Waals surface area contributed by atoms with Crippen LogP contribution in [0.5, 0.6) is 0 Å². The van der Waals surface area contributed by atoms with Gasteiger partial charge in [-0.1, -0.05) is 48.8 Å². The Hall–Kier alpha value is -0.380. The Morgan fingerprint density at radius 2 is 1.76 bits per heavy atom. The van der Waals surface area contributed by atoms with Crippen LogP contribution in [0.2, 0.25) is 0 Å². The first-order chi connectivity index (χ1) is 7.80. The second kappa shape index (κ2) is 5.98. The van der Waals surface area contributed by atoms with Crippen molar-refractivity contribution in [1.82, 2.24) is 0 Å². The Bertz CT molecular complexity index is 340. The maximum atomic E-state index is 5.98. The number of nitrogens with two attached hydrogens (primary N) is 1. The molecule has 0 spiro atoms. The molecule has 2 atom stereocenters. The van der Waals surface area contributed by atoms with Gasteiger partial charge < -0.3 is 10.5 Å². The van der Waals surface area contributed by atoms with Crippen molar-refractivity contribution < 1.29 is 4.74 Å². The molecule has 0 bridgehead atoms. The summed E-state index contributed by atoms with van der Waals surface area (Å²) in [5.41, 5.74) is 7.21. The first kappa shape index (κ1) is 14.7. The fraction of sp³-hybridized carbons (Fsp3) is 0.571. The number of rotatable bonds is 4. The van der Waals surface area contributed by atoms with Gasteiger partial charge in [0.15, 0.2) is 0 Å². The Morgan fingerprint density at radius 1 is 1.24 bits per heavy atom. The lowest BCUT2D eigenvalue weighted by Gasteiger charge is -2.33. The monoisotopic (exact) mass is 299 g/mol. The molecule has 2 N–H and O–H groups in total. The van der Waals surface area contributed by atoms with Gasteiger partial charge in [0.2, 0.25) is 0 Å². The molecule has 0 aliphatic heterocycles. The molecule has 1 aromatic rings. The van der Waals surface area contributed by atoms with Gasteiger partial charge in [-0.25, -0.2) is 0 Å². The van der Waals surface area contributed by atoms with Gasteiger partial charge >= 0.3 is 0 Å². The molecule has 0 heterocycles. The fourth-order valence-electron chi connectivity index (χ4n) is 1.96. The molecule has 0 aliphatic carbocycles. The Morgan fingerprint density at radius 3 is 2.18 bits per heavy atom. The van der Waals surface area contributed by atoms with Gasteiger partial charge in [-0.2, -0.15) is 0 Å². The zero-order valence-corrected chi connectivity index (χ0v) is 12.6. The van der Waals surface area contributed by atoms with Crippen LogP contribution in [0.3, 0.4) is 0 Å². The minimum atomic E-state index is 0.0328. The number of ether oxygens (including phenoxy) is 1. The highest BCUT2D eigenvalue weighted by Gasteiger charge is 2.28. The average molecular weight is 300 g/mol. The summed E-state index contributed by atoms with van der Waals surface area (Å²) in [6, 6.07) is 8.20. The van der Waals surface area contributed by atoms with E-state index in [9.17, 15) is 0 Å². The largest absolute Gasteiger partial charge is 0.371 e. The summed E-state index contributed by atoms with van der Waals surface area (Å²) in [5, 5.41) is 0. The van der Waals surface area contributed by atoms with E-state index in [1.165, 1.54) is 5.56 Å². The van der Waals surface area contributed by atoms with Crippen molar-refractivity contribution in [3.63, 3.8) is 0 Å². The van der Waals surface area contributed by atoms with Gasteiger partial charge in [0.25, 0.3) is 0 Å². The van der Waals surface area contributed by atoms with E-state index in [-0.39, 0.29) is 17.6 Å². The smallest absolute Gasteiger partial charge is 0.0775 e. The van der Waals surface area contributed by atoms with E-state index < -0.39 is 0 Å². The van der Waals surface area contributed by atoms with Crippen molar-refractivity contribution in [2.75, 3.05) is 0 Å². The van der Waals surface area contributed by atoms with Crippen LogP contribution in [0.15, 0.2) is 28.7 Å². The third kappa shape index (κ3) is 4.78. The molecule has 0 amide bonds. The molecule has 17 heavy (non-hydrogen) atoms. The summed E-state index contributed by atoms with van der Waals surface area (Å²) in [6.45, 7) is 9.07. The molecule has 96 valence electrons. The van der Waals surface area contributed by atoms with Crippen molar-refractivity contribution >= 4 is 15.9 Å². The Kier molecular flexibility index (Phi) is 5.17. The number of benzene rings is 1. The molecule has 1 aromatic carbocycles. The highest BCUT2D eigenvalue weighted by molar-refractivity contribution is 9.10. The topological polar surface area (TPSA) is 35.2 Å². The van der Waals surface area contributed by atoms with Gasteiger partial charge in [-0.05, 0) is 30.0 Å². The predicted molar refractivity (Wildman–Crippen MR) is 75.8 cm³/mol. The van der Waals surface area contributed by atoms with Crippen LogP contribution in [-0.4, -0.2) is 12.1 Å². The second-order valence-electron chi connectivity index (χ2n) is 5.58. The minimum absolute atomic E-state index is 0.0328. The average Bonchev–Trinajstić information content (AvgIpc) is 2.18. The maximum absolute atomic E-state index is 5.98. The van der Waals surface area contributed by atoms with Crippen molar-refractivity contribution in [2.45, 2.75) is 46.4 Å². The molecule has 2 unspecified atom stereocenters. The lowest BCUT2D eigenvalue weighted by atomic mass is 9.85. The summed E-state index contributed by atoms with van der Waals surface area (Å²) in [5.74, 6) is 0. The number of hydrogen-bond acceptors (Lipinski definition) is 2. The molecular formula is C14H22BrNO. The Balaban J connectivity index is 2.61. The van der Waals surface area contributed by atoms with Crippen LogP contribution in [0.1, 0.15) is 33.3 Å². The molecule has 0 saturated heterocycles. The fourth-order valence-corrected chi connectivity index (χ4v) is 2.22. The van der Waals surface area contributed by atoms with Gasteiger partial charge in [-0.3, -0.25) is 0 Å². The zero-order chi connectivity index (χ0) is 13.1. The van der Waals surface area contributed by atoms with E-state index in [1.54, 1.807) is 0 Å². The summed E-state index contributed by atoms with van der Waals surface area (Å²) in [4.78, 5) is 0. The standard InChI is InChI=1S/C14H22BrNO/c1-10(16)13(14(2,3)4)17-9-11-5-7-12(15)8-6-11/h5-8,10,13H,9,16H2,1-4H3. The molecule has 0 aromatic heterocycles. The quantitative estimate of drug-likeness (QED) is 0.919. The van der Waals surface area contributed by atoms with Crippen LogP contribution in [0.25, 0.3) is 0 Å². The van der Waals surface area contributed by atoms with Crippen molar-refractivity contribution in [1.29, 1.82) is 0 Å². The van der Waals surface area contributed by atoms with E-state index in [0.29, 0.717) is 6.61 Å².